The summed E-state index contributed by atoms with van der Waals surface area (Å²) in [5, 5.41) is 14.6. The van der Waals surface area contributed by atoms with E-state index >= 15 is 0 Å². The lowest BCUT2D eigenvalue weighted by atomic mass is 10.2. The number of carbonyl (C=O) groups excluding carboxylic acids is 3. The van der Waals surface area contributed by atoms with E-state index in [-0.39, 0.29) is 24.8 Å². The van der Waals surface area contributed by atoms with Gasteiger partial charge in [-0.1, -0.05) is 0 Å². The zero-order chi connectivity index (χ0) is 20.1. The van der Waals surface area contributed by atoms with Gasteiger partial charge in [-0.15, -0.1) is 0 Å². The van der Waals surface area contributed by atoms with Crippen LogP contribution in [0.15, 0.2) is 60.3 Å². The number of benzene rings is 2. The second kappa shape index (κ2) is 8.36. The molecule has 0 spiro atoms. The first-order chi connectivity index (χ1) is 13.5. The molecule has 2 aromatic carbocycles. The van der Waals surface area contributed by atoms with Gasteiger partial charge in [0.2, 0.25) is 0 Å². The Kier molecular flexibility index (Phi) is 5.71. The van der Waals surface area contributed by atoms with Gasteiger partial charge in [-0.25, -0.2) is 0 Å². The molecule has 1 aliphatic rings. The topological polar surface area (TPSA) is 108 Å². The minimum Gasteiger partial charge on any atom is -0.497 e. The molecule has 0 saturated carbocycles. The number of aliphatic hydroxyl groups excluding tert-OH is 1. The Hall–Kier alpha value is -3.65. The fourth-order valence-electron chi connectivity index (χ4n) is 2.65. The molecular formula is C20H19N3O5. The third kappa shape index (κ3) is 4.18. The summed E-state index contributed by atoms with van der Waals surface area (Å²) in [5.74, 6) is -0.560. The second-order valence-corrected chi connectivity index (χ2v) is 5.96. The highest BCUT2D eigenvalue weighted by molar-refractivity contribution is 6.17. The fourth-order valence-corrected chi connectivity index (χ4v) is 2.65. The Morgan fingerprint density at radius 3 is 2.29 bits per heavy atom. The number of carbonyl (C=O) groups is 3. The summed E-state index contributed by atoms with van der Waals surface area (Å²) in [4.78, 5) is 37.2. The summed E-state index contributed by atoms with van der Waals surface area (Å²) in [6, 6.07) is 13.4. The number of nitrogens with one attached hydrogen (secondary N) is 2. The number of imide groups is 1. The van der Waals surface area contributed by atoms with Crippen LogP contribution in [-0.2, 0) is 9.59 Å². The van der Waals surface area contributed by atoms with Gasteiger partial charge < -0.3 is 20.5 Å². The van der Waals surface area contributed by atoms with E-state index in [1.54, 1.807) is 55.6 Å². The molecule has 0 unspecified atom stereocenters. The van der Waals surface area contributed by atoms with Crippen LogP contribution in [-0.4, -0.2) is 48.0 Å². The Morgan fingerprint density at radius 2 is 1.68 bits per heavy atom. The van der Waals surface area contributed by atoms with Crippen LogP contribution in [0.1, 0.15) is 10.4 Å². The van der Waals surface area contributed by atoms with Gasteiger partial charge in [-0.3, -0.25) is 19.3 Å². The van der Waals surface area contributed by atoms with Gasteiger partial charge in [0, 0.05) is 23.0 Å². The lowest BCUT2D eigenvalue weighted by Crippen LogP contribution is -2.34. The zero-order valence-electron chi connectivity index (χ0n) is 15.1. The van der Waals surface area contributed by atoms with E-state index in [0.29, 0.717) is 22.7 Å². The van der Waals surface area contributed by atoms with Crippen molar-refractivity contribution < 1.29 is 24.2 Å². The number of nitrogens with zero attached hydrogens (tertiary/aromatic N) is 1. The van der Waals surface area contributed by atoms with Crippen LogP contribution in [0.4, 0.5) is 11.4 Å². The van der Waals surface area contributed by atoms with Crippen LogP contribution >= 0.6 is 0 Å². The molecule has 3 amide bonds. The van der Waals surface area contributed by atoms with Crippen LogP contribution in [0.3, 0.4) is 0 Å². The third-order valence-corrected chi connectivity index (χ3v) is 4.11. The molecule has 28 heavy (non-hydrogen) atoms. The standard InChI is InChI=1S/C20H19N3O5/c1-28-16-8-6-15(7-9-16)22-19(26)13-2-4-14(5-3-13)21-17-12-18(25)23(10-11-24)20(17)27/h2-9,12,21,24H,10-11H2,1H3,(H,22,26). The number of β-amino-alcohol motifs (C(OH)–C–C–N with tert-alkyl or cyclic N) is 1. The molecule has 0 saturated heterocycles. The summed E-state index contributed by atoms with van der Waals surface area (Å²) in [6.45, 7) is -0.347. The van der Waals surface area contributed by atoms with Crippen molar-refractivity contribution in [1.82, 2.24) is 4.90 Å². The number of aliphatic hydroxyl groups is 1. The van der Waals surface area contributed by atoms with Gasteiger partial charge >= 0.3 is 0 Å². The highest BCUT2D eigenvalue weighted by Gasteiger charge is 2.30. The highest BCUT2D eigenvalue weighted by atomic mass is 16.5. The lowest BCUT2D eigenvalue weighted by Gasteiger charge is -2.13. The van der Waals surface area contributed by atoms with Crippen LogP contribution < -0.4 is 15.4 Å². The minimum atomic E-state index is -0.500. The average Bonchev–Trinajstić information content (AvgIpc) is 2.97. The molecule has 0 fully saturated rings. The van der Waals surface area contributed by atoms with Crippen LogP contribution in [0.2, 0.25) is 0 Å². The van der Waals surface area contributed by atoms with Gasteiger partial charge in [0.1, 0.15) is 11.4 Å². The number of ether oxygens (including phenoxy) is 1. The average molecular weight is 381 g/mol. The van der Waals surface area contributed by atoms with E-state index in [2.05, 4.69) is 10.6 Å². The molecule has 144 valence electrons. The number of hydrogen-bond acceptors (Lipinski definition) is 6. The molecule has 3 N–H and O–H groups in total. The second-order valence-electron chi connectivity index (χ2n) is 5.96. The van der Waals surface area contributed by atoms with E-state index in [9.17, 15) is 14.4 Å². The summed E-state index contributed by atoms with van der Waals surface area (Å²) < 4.78 is 5.08. The maximum atomic E-state index is 12.3. The van der Waals surface area contributed by atoms with Crippen molar-refractivity contribution in [3.8, 4) is 5.75 Å². The first kappa shape index (κ1) is 19.1. The van der Waals surface area contributed by atoms with Crippen molar-refractivity contribution in [3.05, 3.63) is 65.9 Å². The molecule has 1 aliphatic heterocycles. The summed E-state index contributed by atoms with van der Waals surface area (Å²) >= 11 is 0. The van der Waals surface area contributed by atoms with E-state index in [1.165, 1.54) is 6.08 Å². The van der Waals surface area contributed by atoms with Crippen molar-refractivity contribution in [1.29, 1.82) is 0 Å². The van der Waals surface area contributed by atoms with Crippen LogP contribution in [0, 0.1) is 0 Å². The zero-order valence-corrected chi connectivity index (χ0v) is 15.1. The maximum Gasteiger partial charge on any atom is 0.277 e. The normalized spacial score (nSPS) is 13.4. The van der Waals surface area contributed by atoms with Crippen molar-refractivity contribution in [2.45, 2.75) is 0 Å². The van der Waals surface area contributed by atoms with Gasteiger partial charge in [0.25, 0.3) is 17.7 Å². The molecule has 8 heteroatoms. The van der Waals surface area contributed by atoms with Gasteiger partial charge in [-0.05, 0) is 48.5 Å². The van der Waals surface area contributed by atoms with E-state index in [1.807, 2.05) is 0 Å². The lowest BCUT2D eigenvalue weighted by molar-refractivity contribution is -0.137. The molecule has 0 aliphatic carbocycles. The Morgan fingerprint density at radius 1 is 1.04 bits per heavy atom. The molecule has 0 radical (unpaired) electrons. The smallest absolute Gasteiger partial charge is 0.277 e. The SMILES string of the molecule is COc1ccc(NC(=O)c2ccc(NC3=CC(=O)N(CCO)C3=O)cc2)cc1. The van der Waals surface area contributed by atoms with Crippen molar-refractivity contribution in [2.75, 3.05) is 30.9 Å². The quantitative estimate of drug-likeness (QED) is 0.629. The number of rotatable bonds is 7. The van der Waals surface area contributed by atoms with Gasteiger partial charge in [-0.2, -0.15) is 0 Å². The Bertz CT molecular complexity index is 920. The molecule has 8 nitrogen and oxygen atoms in total. The largest absolute Gasteiger partial charge is 0.497 e. The number of hydrogen-bond donors (Lipinski definition) is 3. The number of methoxy groups -OCH3 is 1. The molecular weight excluding hydrogens is 362 g/mol. The van der Waals surface area contributed by atoms with Crippen molar-refractivity contribution in [2.24, 2.45) is 0 Å². The predicted octanol–water partition coefficient (Wildman–Crippen LogP) is 1.60. The number of anilines is 2. The summed E-state index contributed by atoms with van der Waals surface area (Å²) in [5.41, 5.74) is 1.75. The highest BCUT2D eigenvalue weighted by Crippen LogP contribution is 2.19. The maximum absolute atomic E-state index is 12.3. The molecule has 3 rings (SSSR count). The van der Waals surface area contributed by atoms with E-state index in [0.717, 1.165) is 4.90 Å². The molecule has 0 aromatic heterocycles. The van der Waals surface area contributed by atoms with Crippen molar-refractivity contribution in [3.63, 3.8) is 0 Å². The predicted molar refractivity (Wildman–Crippen MR) is 103 cm³/mol. The first-order valence-electron chi connectivity index (χ1n) is 8.52. The minimum absolute atomic E-state index is 0.0518. The molecule has 1 heterocycles. The Labute approximate surface area is 161 Å². The molecule has 0 atom stereocenters. The van der Waals surface area contributed by atoms with Crippen LogP contribution in [0.5, 0.6) is 5.75 Å². The Balaban J connectivity index is 1.63. The summed E-state index contributed by atoms with van der Waals surface area (Å²) in [7, 11) is 1.57. The third-order valence-electron chi connectivity index (χ3n) is 4.11. The first-order valence-corrected chi connectivity index (χ1v) is 8.52. The van der Waals surface area contributed by atoms with Gasteiger partial charge in [0.15, 0.2) is 0 Å². The van der Waals surface area contributed by atoms with Crippen LogP contribution in [0.25, 0.3) is 0 Å². The molecule has 2 aromatic rings. The van der Waals surface area contributed by atoms with Crippen molar-refractivity contribution >= 4 is 29.1 Å². The van der Waals surface area contributed by atoms with E-state index in [4.69, 9.17) is 9.84 Å². The molecule has 0 bridgehead atoms. The number of amides is 3. The van der Waals surface area contributed by atoms with E-state index < -0.39 is 11.8 Å². The summed E-state index contributed by atoms with van der Waals surface area (Å²) in [6.07, 6.45) is 1.18. The van der Waals surface area contributed by atoms with Gasteiger partial charge in [0.05, 0.1) is 20.3 Å². The monoisotopic (exact) mass is 381 g/mol. The fraction of sp³-hybridized carbons (Fsp3) is 0.150.